The van der Waals surface area contributed by atoms with Crippen LogP contribution in [0.1, 0.15) is 36.8 Å². The van der Waals surface area contributed by atoms with Crippen LogP contribution in [0.5, 0.6) is 11.5 Å². The van der Waals surface area contributed by atoms with Crippen LogP contribution in [0.15, 0.2) is 60.0 Å². The Kier molecular flexibility index (Phi) is 9.53. The number of methoxy groups -OCH3 is 1. The third-order valence-corrected chi connectivity index (χ3v) is 7.78. The molecule has 1 aliphatic heterocycles. The number of hydrogen-bond acceptors (Lipinski definition) is 5. The molecule has 3 aromatic rings. The van der Waals surface area contributed by atoms with E-state index in [0.29, 0.717) is 41.2 Å². The van der Waals surface area contributed by atoms with E-state index in [9.17, 15) is 9.59 Å². The summed E-state index contributed by atoms with van der Waals surface area (Å²) in [5.41, 5.74) is 1.69. The molecule has 1 aliphatic rings. The van der Waals surface area contributed by atoms with Gasteiger partial charge in [-0.3, -0.25) is 4.79 Å². The van der Waals surface area contributed by atoms with E-state index in [1.807, 2.05) is 29.2 Å². The summed E-state index contributed by atoms with van der Waals surface area (Å²) in [7, 11) is 1.61. The Hall–Kier alpha value is -3.23. The maximum Gasteiger partial charge on any atom is 0.322 e. The van der Waals surface area contributed by atoms with E-state index in [1.165, 1.54) is 4.88 Å². The monoisotopic (exact) mass is 555 g/mol. The molecule has 4 rings (SSSR count). The van der Waals surface area contributed by atoms with Crippen LogP contribution in [0.25, 0.3) is 0 Å². The van der Waals surface area contributed by atoms with E-state index in [2.05, 4.69) is 30.6 Å². The number of para-hydroxylation sites is 2. The lowest BCUT2D eigenvalue weighted by atomic mass is 10.0. The van der Waals surface area contributed by atoms with Crippen molar-refractivity contribution in [3.05, 3.63) is 75.4 Å². The van der Waals surface area contributed by atoms with E-state index in [0.717, 1.165) is 18.4 Å². The average molecular weight is 556 g/mol. The number of anilines is 1. The predicted octanol–water partition coefficient (Wildman–Crippen LogP) is 6.50. The molecule has 0 fully saturated rings. The molecular formula is C29H34ClN3O4S. The van der Waals surface area contributed by atoms with E-state index in [4.69, 9.17) is 21.1 Å². The van der Waals surface area contributed by atoms with Gasteiger partial charge in [-0.05, 0) is 66.1 Å². The van der Waals surface area contributed by atoms with Crippen LogP contribution in [0.3, 0.4) is 0 Å². The van der Waals surface area contributed by atoms with E-state index < -0.39 is 0 Å². The van der Waals surface area contributed by atoms with Crippen molar-refractivity contribution in [3.8, 4) is 11.5 Å². The summed E-state index contributed by atoms with van der Waals surface area (Å²) in [6.07, 6.45) is 1.57. The highest BCUT2D eigenvalue weighted by molar-refractivity contribution is 7.10. The second-order valence-corrected chi connectivity index (χ2v) is 11.1. The van der Waals surface area contributed by atoms with Gasteiger partial charge < -0.3 is 24.6 Å². The molecule has 0 radical (unpaired) electrons. The molecule has 7 nitrogen and oxygen atoms in total. The Balaban J connectivity index is 1.51. The molecule has 0 saturated heterocycles. The highest BCUT2D eigenvalue weighted by Gasteiger charge is 2.33. The summed E-state index contributed by atoms with van der Waals surface area (Å²) in [5.74, 6) is 1.55. The maximum atomic E-state index is 13.7. The molecule has 1 aromatic heterocycles. The van der Waals surface area contributed by atoms with Crippen molar-refractivity contribution in [2.45, 2.75) is 32.7 Å². The first-order chi connectivity index (χ1) is 18.4. The van der Waals surface area contributed by atoms with Gasteiger partial charge in [0.1, 0.15) is 13.2 Å². The summed E-state index contributed by atoms with van der Waals surface area (Å²) in [5, 5.41) is 5.48. The average Bonchev–Trinajstić information content (AvgIpc) is 3.38. The SMILES string of the molecule is COc1ccccc1OC[C@@H]1c2ccsc2CCN1C(=O)CN(CCC(C)C)C(=O)Nc1cccc(Cl)c1. The van der Waals surface area contributed by atoms with Crippen molar-refractivity contribution in [2.75, 3.05) is 38.7 Å². The molecule has 0 spiro atoms. The highest BCUT2D eigenvalue weighted by atomic mass is 35.5. The van der Waals surface area contributed by atoms with Crippen molar-refractivity contribution < 1.29 is 19.1 Å². The Labute approximate surface area is 233 Å². The number of amides is 3. The number of nitrogens with zero attached hydrogens (tertiary/aromatic N) is 2. The number of fused-ring (bicyclic) bond motifs is 1. The Morgan fingerprint density at radius 3 is 2.68 bits per heavy atom. The molecule has 202 valence electrons. The number of carbonyl (C=O) groups excluding carboxylic acids is 2. The fourth-order valence-electron chi connectivity index (χ4n) is 4.47. The van der Waals surface area contributed by atoms with Gasteiger partial charge in [0.25, 0.3) is 0 Å². The number of nitrogens with one attached hydrogen (secondary N) is 1. The minimum absolute atomic E-state index is 0.0241. The minimum atomic E-state index is -0.323. The molecule has 3 amide bonds. The van der Waals surface area contributed by atoms with Gasteiger partial charge in [0.15, 0.2) is 11.5 Å². The van der Waals surface area contributed by atoms with Gasteiger partial charge in [-0.2, -0.15) is 0 Å². The highest BCUT2D eigenvalue weighted by Crippen LogP contribution is 2.35. The van der Waals surface area contributed by atoms with Gasteiger partial charge >= 0.3 is 6.03 Å². The number of urea groups is 1. The molecule has 0 bridgehead atoms. The zero-order chi connectivity index (χ0) is 27.1. The minimum Gasteiger partial charge on any atom is -0.493 e. The van der Waals surface area contributed by atoms with Crippen molar-refractivity contribution in [3.63, 3.8) is 0 Å². The number of carbonyl (C=O) groups is 2. The predicted molar refractivity (Wildman–Crippen MR) is 152 cm³/mol. The van der Waals surface area contributed by atoms with Crippen LogP contribution in [0.4, 0.5) is 10.5 Å². The molecule has 38 heavy (non-hydrogen) atoms. The fourth-order valence-corrected chi connectivity index (χ4v) is 5.59. The molecule has 2 heterocycles. The van der Waals surface area contributed by atoms with Gasteiger partial charge in [0.05, 0.1) is 13.2 Å². The Morgan fingerprint density at radius 2 is 1.95 bits per heavy atom. The lowest BCUT2D eigenvalue weighted by Crippen LogP contribution is -2.49. The molecule has 0 aliphatic carbocycles. The fraction of sp³-hybridized carbons (Fsp3) is 0.379. The maximum absolute atomic E-state index is 13.7. The second-order valence-electron chi connectivity index (χ2n) is 9.66. The summed E-state index contributed by atoms with van der Waals surface area (Å²) in [6.45, 7) is 5.50. The number of halogens is 1. The van der Waals surface area contributed by atoms with Crippen molar-refractivity contribution >= 4 is 40.6 Å². The number of rotatable bonds is 10. The van der Waals surface area contributed by atoms with Crippen molar-refractivity contribution in [1.29, 1.82) is 0 Å². The van der Waals surface area contributed by atoms with Gasteiger partial charge in [0, 0.05) is 28.7 Å². The summed E-state index contributed by atoms with van der Waals surface area (Å²) in [6, 6.07) is 16.0. The zero-order valence-corrected chi connectivity index (χ0v) is 23.6. The molecular weight excluding hydrogens is 522 g/mol. The topological polar surface area (TPSA) is 71.1 Å². The van der Waals surface area contributed by atoms with E-state index in [-0.39, 0.29) is 31.1 Å². The van der Waals surface area contributed by atoms with Crippen LogP contribution in [0.2, 0.25) is 5.02 Å². The molecule has 2 aromatic carbocycles. The molecule has 1 atom stereocenters. The second kappa shape index (κ2) is 13.0. The smallest absolute Gasteiger partial charge is 0.322 e. The quantitative estimate of drug-likeness (QED) is 0.310. The van der Waals surface area contributed by atoms with Crippen LogP contribution in [-0.4, -0.2) is 55.1 Å². The normalized spacial score (nSPS) is 14.7. The summed E-state index contributed by atoms with van der Waals surface area (Å²) in [4.78, 5) is 31.7. The van der Waals surface area contributed by atoms with Gasteiger partial charge in [-0.15, -0.1) is 11.3 Å². The third-order valence-electron chi connectivity index (χ3n) is 6.55. The van der Waals surface area contributed by atoms with Crippen molar-refractivity contribution in [1.82, 2.24) is 9.80 Å². The molecule has 0 saturated carbocycles. The summed E-state index contributed by atoms with van der Waals surface area (Å²) >= 11 is 7.79. The largest absolute Gasteiger partial charge is 0.493 e. The third kappa shape index (κ3) is 6.99. The Bertz CT molecular complexity index is 1250. The van der Waals surface area contributed by atoms with E-state index in [1.54, 1.807) is 47.6 Å². The number of ether oxygens (including phenoxy) is 2. The van der Waals surface area contributed by atoms with E-state index >= 15 is 0 Å². The van der Waals surface area contributed by atoms with Crippen LogP contribution in [0, 0.1) is 5.92 Å². The van der Waals surface area contributed by atoms with Crippen molar-refractivity contribution in [2.24, 2.45) is 5.92 Å². The summed E-state index contributed by atoms with van der Waals surface area (Å²) < 4.78 is 11.6. The lowest BCUT2D eigenvalue weighted by molar-refractivity contribution is -0.135. The number of hydrogen-bond donors (Lipinski definition) is 1. The van der Waals surface area contributed by atoms with Crippen LogP contribution < -0.4 is 14.8 Å². The lowest BCUT2D eigenvalue weighted by Gasteiger charge is -2.37. The molecule has 1 N–H and O–H groups in total. The first-order valence-electron chi connectivity index (χ1n) is 12.8. The van der Waals surface area contributed by atoms with Gasteiger partial charge in [-0.1, -0.05) is 43.6 Å². The standard InChI is InChI=1S/C29H34ClN3O4S/c1-20(2)11-14-32(29(35)31-22-8-6-7-21(30)17-22)18-28(34)33-15-12-27-23(13-16-38-27)24(33)19-37-26-10-5-4-9-25(26)36-3/h4-10,13,16-17,20,24H,11-12,14-15,18-19H2,1-3H3,(H,31,35)/t24-/m1/s1. The number of benzene rings is 2. The number of thiophene rings is 1. The molecule has 9 heteroatoms. The first kappa shape index (κ1) is 27.8. The van der Waals surface area contributed by atoms with Gasteiger partial charge in [0.2, 0.25) is 5.91 Å². The molecule has 0 unspecified atom stereocenters. The Morgan fingerprint density at radius 1 is 1.16 bits per heavy atom. The zero-order valence-electron chi connectivity index (χ0n) is 22.0. The van der Waals surface area contributed by atoms with Gasteiger partial charge in [-0.25, -0.2) is 4.79 Å². The van der Waals surface area contributed by atoms with Crippen LogP contribution in [-0.2, 0) is 11.2 Å². The first-order valence-corrected chi connectivity index (χ1v) is 14.0. The van der Waals surface area contributed by atoms with Crippen LogP contribution >= 0.6 is 22.9 Å².